The number of nitrogens with zero attached hydrogens (tertiary/aromatic N) is 2. The maximum absolute atomic E-state index is 12.2. The van der Waals surface area contributed by atoms with Crippen LogP contribution < -0.4 is 10.6 Å². The quantitative estimate of drug-likeness (QED) is 0.146. The highest BCUT2D eigenvalue weighted by molar-refractivity contribution is 7.91. The third kappa shape index (κ3) is 13.3. The SMILES string of the molecule is CCS(=O)(=O)c1ccc(NCCOC(F)(F)F)c(NC(=O)C(C)(C)C)c1.CCS(=O)(=O)c1ccc2c(c1)nc(C(C)(C)C)n2CCOC(F)(F)F. The molecule has 2 aromatic carbocycles. The summed E-state index contributed by atoms with van der Waals surface area (Å²) in [5.41, 5.74) is 0.309. The van der Waals surface area contributed by atoms with E-state index in [0.29, 0.717) is 22.5 Å². The summed E-state index contributed by atoms with van der Waals surface area (Å²) in [5, 5.41) is 5.32. The zero-order valence-corrected chi connectivity index (χ0v) is 31.2. The number of hydrogen-bond acceptors (Lipinski definition) is 9. The topological polar surface area (TPSA) is 146 Å². The van der Waals surface area contributed by atoms with Gasteiger partial charge >= 0.3 is 12.7 Å². The number of ether oxygens (including phenoxy) is 2. The number of imidazole rings is 1. The Morgan fingerprint density at radius 1 is 0.765 bits per heavy atom. The molecule has 0 unspecified atom stereocenters. The molecule has 0 aliphatic heterocycles. The fraction of sp³-hybridized carbons (Fsp3) is 0.562. The lowest BCUT2D eigenvalue weighted by Gasteiger charge is -2.20. The Kier molecular flexibility index (Phi) is 14.2. The van der Waals surface area contributed by atoms with Crippen molar-refractivity contribution in [3.63, 3.8) is 0 Å². The summed E-state index contributed by atoms with van der Waals surface area (Å²) < 4.78 is 130. The zero-order chi connectivity index (χ0) is 39.2. The molecule has 0 saturated carbocycles. The highest BCUT2D eigenvalue weighted by Crippen LogP contribution is 2.30. The summed E-state index contributed by atoms with van der Waals surface area (Å²) in [7, 11) is -6.89. The normalized spacial score (nSPS) is 13.1. The van der Waals surface area contributed by atoms with Crippen LogP contribution in [0, 0.1) is 5.41 Å². The second kappa shape index (κ2) is 16.5. The Morgan fingerprint density at radius 2 is 1.27 bits per heavy atom. The monoisotopic (exact) mass is 774 g/mol. The largest absolute Gasteiger partial charge is 0.522 e. The molecule has 0 bridgehead atoms. The van der Waals surface area contributed by atoms with E-state index >= 15 is 0 Å². The standard InChI is InChI=1S/C16H23F3N2O4S.C16H21F3N2O3S/c1-5-26(23,24)11-6-7-12(20-8-9-25-16(17,18)19)13(10-11)21-14(22)15(2,3)4;1-5-25(22,23)11-6-7-13-12(10-11)20-14(15(2,3)4)21(13)8-9-24-16(17,18)19/h6-7,10,20H,5,8-9H2,1-4H3,(H,21,22);6-7,10H,5,8-9H2,1-4H3. The minimum Gasteiger partial charge on any atom is -0.381 e. The molecule has 1 heterocycles. The van der Waals surface area contributed by atoms with E-state index in [1.165, 1.54) is 37.3 Å². The summed E-state index contributed by atoms with van der Waals surface area (Å²) in [4.78, 5) is 16.9. The number of hydrogen-bond donors (Lipinski definition) is 2. The second-order valence-electron chi connectivity index (χ2n) is 13.2. The average molecular weight is 775 g/mol. The summed E-state index contributed by atoms with van der Waals surface area (Å²) in [5.74, 6) is 0.0499. The number of fused-ring (bicyclic) bond motifs is 1. The Hall–Kier alpha value is -3.42. The van der Waals surface area contributed by atoms with Crippen molar-refractivity contribution in [1.82, 2.24) is 9.55 Å². The lowest BCUT2D eigenvalue weighted by atomic mass is 9.95. The van der Waals surface area contributed by atoms with Gasteiger partial charge in [0.25, 0.3) is 0 Å². The molecule has 0 spiro atoms. The molecule has 288 valence electrons. The molecule has 1 aromatic heterocycles. The van der Waals surface area contributed by atoms with Crippen LogP contribution in [0.25, 0.3) is 11.0 Å². The molecule has 19 heteroatoms. The molecule has 0 radical (unpaired) electrons. The number of aromatic nitrogens is 2. The van der Waals surface area contributed by atoms with Crippen LogP contribution in [0.4, 0.5) is 37.7 Å². The molecule has 0 aliphatic carbocycles. The molecule has 3 aromatic rings. The van der Waals surface area contributed by atoms with Gasteiger partial charge in [-0.25, -0.2) is 21.8 Å². The second-order valence-corrected chi connectivity index (χ2v) is 17.8. The van der Waals surface area contributed by atoms with E-state index in [2.05, 4.69) is 25.1 Å². The minimum absolute atomic E-state index is 0.0151. The summed E-state index contributed by atoms with van der Waals surface area (Å²) in [6.45, 7) is 12.3. The first-order valence-corrected chi connectivity index (χ1v) is 19.0. The van der Waals surface area contributed by atoms with Crippen molar-refractivity contribution in [2.24, 2.45) is 5.41 Å². The van der Waals surface area contributed by atoms with Crippen LogP contribution in [-0.2, 0) is 45.9 Å². The van der Waals surface area contributed by atoms with E-state index < -0.39 is 56.4 Å². The Morgan fingerprint density at radius 3 is 1.76 bits per heavy atom. The van der Waals surface area contributed by atoms with E-state index in [-0.39, 0.29) is 46.0 Å². The molecule has 51 heavy (non-hydrogen) atoms. The van der Waals surface area contributed by atoms with Gasteiger partial charge in [-0.15, -0.1) is 26.3 Å². The Labute approximate surface area is 293 Å². The summed E-state index contributed by atoms with van der Waals surface area (Å²) in [6.07, 6.45) is -9.43. The van der Waals surface area contributed by atoms with E-state index in [0.717, 1.165) is 0 Å². The van der Waals surface area contributed by atoms with Gasteiger partial charge in [-0.1, -0.05) is 55.4 Å². The fourth-order valence-electron chi connectivity index (χ4n) is 4.32. The molecular formula is C32H44F6N4O7S2. The number of anilines is 2. The highest BCUT2D eigenvalue weighted by atomic mass is 32.2. The molecule has 0 fully saturated rings. The first-order valence-electron chi connectivity index (χ1n) is 15.7. The number of carbonyl (C=O) groups excluding carboxylic acids is 1. The molecule has 11 nitrogen and oxygen atoms in total. The van der Waals surface area contributed by atoms with Gasteiger partial charge in [0.15, 0.2) is 19.7 Å². The molecular weight excluding hydrogens is 730 g/mol. The maximum atomic E-state index is 12.2. The van der Waals surface area contributed by atoms with Crippen LogP contribution in [0.1, 0.15) is 61.2 Å². The molecule has 0 saturated heterocycles. The third-order valence-electron chi connectivity index (χ3n) is 7.05. The van der Waals surface area contributed by atoms with E-state index in [4.69, 9.17) is 0 Å². The molecule has 3 rings (SSSR count). The lowest BCUT2D eigenvalue weighted by Crippen LogP contribution is -2.28. The van der Waals surface area contributed by atoms with Crippen molar-refractivity contribution >= 4 is 48.0 Å². The number of amides is 1. The van der Waals surface area contributed by atoms with Gasteiger partial charge in [-0.05, 0) is 36.4 Å². The van der Waals surface area contributed by atoms with Gasteiger partial charge < -0.3 is 15.2 Å². The maximum Gasteiger partial charge on any atom is 0.522 e. The van der Waals surface area contributed by atoms with Crippen LogP contribution in [0.3, 0.4) is 0 Å². The van der Waals surface area contributed by atoms with Crippen molar-refractivity contribution < 1.29 is 57.4 Å². The van der Waals surface area contributed by atoms with Crippen molar-refractivity contribution in [2.45, 2.75) is 89.9 Å². The number of alkyl halides is 6. The number of nitrogens with one attached hydrogen (secondary N) is 2. The predicted octanol–water partition coefficient (Wildman–Crippen LogP) is 7.08. The van der Waals surface area contributed by atoms with Crippen LogP contribution >= 0.6 is 0 Å². The predicted molar refractivity (Wildman–Crippen MR) is 181 cm³/mol. The Bertz CT molecular complexity index is 1880. The number of sulfone groups is 2. The summed E-state index contributed by atoms with van der Waals surface area (Å²) >= 11 is 0. The lowest BCUT2D eigenvalue weighted by molar-refractivity contribution is -0.325. The number of rotatable bonds is 12. The van der Waals surface area contributed by atoms with Crippen LogP contribution in [0.5, 0.6) is 0 Å². The van der Waals surface area contributed by atoms with Gasteiger partial charge in [-0.3, -0.25) is 14.3 Å². The van der Waals surface area contributed by atoms with Crippen LogP contribution in [-0.4, -0.2) is 76.3 Å². The summed E-state index contributed by atoms with van der Waals surface area (Å²) in [6, 6.07) is 8.51. The number of carbonyl (C=O) groups is 1. The van der Waals surface area contributed by atoms with Crippen molar-refractivity contribution in [2.75, 3.05) is 41.9 Å². The van der Waals surface area contributed by atoms with Gasteiger partial charge in [0.1, 0.15) is 5.82 Å². The zero-order valence-electron chi connectivity index (χ0n) is 29.5. The average Bonchev–Trinajstić information content (AvgIpc) is 3.37. The number of halogens is 6. The van der Waals surface area contributed by atoms with Gasteiger partial charge in [0, 0.05) is 23.9 Å². The van der Waals surface area contributed by atoms with Crippen molar-refractivity contribution in [3.05, 3.63) is 42.2 Å². The van der Waals surface area contributed by atoms with Gasteiger partial charge in [-0.2, -0.15) is 0 Å². The third-order valence-corrected chi connectivity index (χ3v) is 10.5. The molecule has 2 N–H and O–H groups in total. The van der Waals surface area contributed by atoms with Crippen LogP contribution in [0.2, 0.25) is 0 Å². The minimum atomic E-state index is -4.73. The smallest absolute Gasteiger partial charge is 0.381 e. The first kappa shape index (κ1) is 43.7. The molecule has 0 atom stereocenters. The first-order chi connectivity index (χ1) is 23.1. The highest BCUT2D eigenvalue weighted by Gasteiger charge is 2.31. The number of benzene rings is 2. The van der Waals surface area contributed by atoms with Crippen LogP contribution in [0.15, 0.2) is 46.2 Å². The van der Waals surface area contributed by atoms with Crippen molar-refractivity contribution in [1.29, 1.82) is 0 Å². The Balaban J connectivity index is 0.000000354. The van der Waals surface area contributed by atoms with E-state index in [9.17, 15) is 48.0 Å². The van der Waals surface area contributed by atoms with E-state index in [1.54, 1.807) is 38.3 Å². The molecule has 1 amide bonds. The van der Waals surface area contributed by atoms with Crippen molar-refractivity contribution in [3.8, 4) is 0 Å². The molecule has 0 aliphatic rings. The fourth-order valence-corrected chi connectivity index (χ4v) is 6.13. The van der Waals surface area contributed by atoms with E-state index in [1.807, 2.05) is 20.8 Å². The van der Waals surface area contributed by atoms with Gasteiger partial charge in [0.05, 0.1) is 56.9 Å². The van der Waals surface area contributed by atoms with Gasteiger partial charge in [0.2, 0.25) is 5.91 Å².